The Morgan fingerprint density at radius 2 is 2.00 bits per heavy atom. The minimum absolute atomic E-state index is 0.515. The van der Waals surface area contributed by atoms with Gasteiger partial charge in [-0.2, -0.15) is 0 Å². The molecule has 0 saturated carbocycles. The lowest BCUT2D eigenvalue weighted by Crippen LogP contribution is -1.91. The Labute approximate surface area is 56.7 Å². The molecule has 2 nitrogen and oxygen atoms in total. The summed E-state index contributed by atoms with van der Waals surface area (Å²) in [6.45, 7) is 6.07. The van der Waals surface area contributed by atoms with Gasteiger partial charge in [-0.15, -0.1) is 0 Å². The predicted octanol–water partition coefficient (Wildman–Crippen LogP) is 1.76. The molecular formula is C7H14N2. The van der Waals surface area contributed by atoms with E-state index in [4.69, 9.17) is 0 Å². The van der Waals surface area contributed by atoms with E-state index in [0.29, 0.717) is 5.92 Å². The van der Waals surface area contributed by atoms with Crippen LogP contribution in [0.3, 0.4) is 0 Å². The monoisotopic (exact) mass is 126 g/mol. The summed E-state index contributed by atoms with van der Waals surface area (Å²) in [6, 6.07) is 0. The fourth-order valence-electron chi connectivity index (χ4n) is 0.315. The van der Waals surface area contributed by atoms with Crippen LogP contribution in [-0.4, -0.2) is 19.1 Å². The van der Waals surface area contributed by atoms with Crippen LogP contribution in [0, 0.1) is 5.92 Å². The van der Waals surface area contributed by atoms with Crippen molar-refractivity contribution < 1.29 is 0 Å². The summed E-state index contributed by atoms with van der Waals surface area (Å²) in [7, 11) is 1.74. The first-order chi connectivity index (χ1) is 4.16. The van der Waals surface area contributed by atoms with E-state index in [1.807, 2.05) is 13.1 Å². The van der Waals surface area contributed by atoms with Crippen LogP contribution < -0.4 is 0 Å². The summed E-state index contributed by atoms with van der Waals surface area (Å²) in [5.74, 6) is 1.35. The largest absolute Gasteiger partial charge is 0.274 e. The Morgan fingerprint density at radius 1 is 1.44 bits per heavy atom. The Bertz CT molecular complexity index is 123. The standard InChI is InChI=1S/C7H14N2/c1-6(2)5-9-7(3)8-4/h5-6H,1-4H3. The number of nitrogens with zero attached hydrogens (tertiary/aromatic N) is 2. The molecule has 0 bridgehead atoms. The highest BCUT2D eigenvalue weighted by atomic mass is 14.9. The third-order valence-electron chi connectivity index (χ3n) is 0.883. The predicted molar refractivity (Wildman–Crippen MR) is 42.4 cm³/mol. The van der Waals surface area contributed by atoms with Crippen LogP contribution in [0.25, 0.3) is 0 Å². The summed E-state index contributed by atoms with van der Waals surface area (Å²) < 4.78 is 0. The molecule has 0 saturated heterocycles. The normalized spacial score (nSPS) is 13.7. The van der Waals surface area contributed by atoms with Gasteiger partial charge in [0.15, 0.2) is 0 Å². The smallest absolute Gasteiger partial charge is 0.119 e. The SMILES string of the molecule is CN=C(C)N=CC(C)C. The average Bonchev–Trinajstić information content (AvgIpc) is 1.83. The zero-order chi connectivity index (χ0) is 7.28. The van der Waals surface area contributed by atoms with Gasteiger partial charge in [-0.1, -0.05) is 13.8 Å². The molecule has 0 N–H and O–H groups in total. The van der Waals surface area contributed by atoms with Crippen molar-refractivity contribution in [1.29, 1.82) is 0 Å². The molecule has 2 heteroatoms. The second-order valence-corrected chi connectivity index (χ2v) is 2.29. The zero-order valence-electron chi connectivity index (χ0n) is 6.55. The fraction of sp³-hybridized carbons (Fsp3) is 0.714. The molecule has 0 fully saturated rings. The Hall–Kier alpha value is -0.660. The van der Waals surface area contributed by atoms with Crippen LogP contribution in [0.5, 0.6) is 0 Å². The molecule has 0 aromatic rings. The van der Waals surface area contributed by atoms with Gasteiger partial charge in [0.2, 0.25) is 0 Å². The minimum Gasteiger partial charge on any atom is -0.274 e. The lowest BCUT2D eigenvalue weighted by Gasteiger charge is -1.91. The van der Waals surface area contributed by atoms with Gasteiger partial charge in [0.05, 0.1) is 0 Å². The van der Waals surface area contributed by atoms with Gasteiger partial charge < -0.3 is 0 Å². The van der Waals surface area contributed by atoms with Crippen LogP contribution in [-0.2, 0) is 0 Å². The molecule has 0 aromatic heterocycles. The maximum atomic E-state index is 4.07. The topological polar surface area (TPSA) is 24.7 Å². The molecule has 0 heterocycles. The first-order valence-corrected chi connectivity index (χ1v) is 3.14. The lowest BCUT2D eigenvalue weighted by molar-refractivity contribution is 0.908. The number of rotatable bonds is 1. The molecule has 9 heavy (non-hydrogen) atoms. The van der Waals surface area contributed by atoms with Gasteiger partial charge in [0.1, 0.15) is 5.84 Å². The summed E-state index contributed by atoms with van der Waals surface area (Å²) in [6.07, 6.45) is 1.89. The molecule has 0 unspecified atom stereocenters. The van der Waals surface area contributed by atoms with Crippen molar-refractivity contribution in [2.75, 3.05) is 7.05 Å². The van der Waals surface area contributed by atoms with Crippen molar-refractivity contribution in [3.05, 3.63) is 0 Å². The van der Waals surface area contributed by atoms with Crippen molar-refractivity contribution in [1.82, 2.24) is 0 Å². The van der Waals surface area contributed by atoms with Gasteiger partial charge in [-0.3, -0.25) is 4.99 Å². The van der Waals surface area contributed by atoms with E-state index in [0.717, 1.165) is 5.84 Å². The first-order valence-electron chi connectivity index (χ1n) is 3.14. The van der Waals surface area contributed by atoms with Crippen LogP contribution in [0.1, 0.15) is 20.8 Å². The highest BCUT2D eigenvalue weighted by Gasteiger charge is 1.84. The second-order valence-electron chi connectivity index (χ2n) is 2.29. The van der Waals surface area contributed by atoms with E-state index >= 15 is 0 Å². The molecular weight excluding hydrogens is 112 g/mol. The molecule has 0 aromatic carbocycles. The molecule has 0 radical (unpaired) electrons. The van der Waals surface area contributed by atoms with Crippen LogP contribution in [0.15, 0.2) is 9.98 Å². The number of hydrogen-bond donors (Lipinski definition) is 0. The van der Waals surface area contributed by atoms with Crippen molar-refractivity contribution >= 4 is 12.1 Å². The molecule has 52 valence electrons. The van der Waals surface area contributed by atoms with E-state index < -0.39 is 0 Å². The maximum absolute atomic E-state index is 4.07. The quantitative estimate of drug-likeness (QED) is 0.378. The summed E-state index contributed by atoms with van der Waals surface area (Å²) in [5.41, 5.74) is 0. The van der Waals surface area contributed by atoms with Crippen molar-refractivity contribution in [3.8, 4) is 0 Å². The number of amidine groups is 1. The van der Waals surface area contributed by atoms with Gasteiger partial charge in [0, 0.05) is 13.3 Å². The van der Waals surface area contributed by atoms with E-state index in [9.17, 15) is 0 Å². The van der Waals surface area contributed by atoms with Crippen molar-refractivity contribution in [2.24, 2.45) is 15.9 Å². The molecule has 0 aliphatic carbocycles. The van der Waals surface area contributed by atoms with E-state index in [-0.39, 0.29) is 0 Å². The zero-order valence-corrected chi connectivity index (χ0v) is 6.55. The first kappa shape index (κ1) is 8.34. The summed E-state index contributed by atoms with van der Waals surface area (Å²) in [4.78, 5) is 7.95. The van der Waals surface area contributed by atoms with Crippen molar-refractivity contribution in [3.63, 3.8) is 0 Å². The van der Waals surface area contributed by atoms with E-state index in [1.54, 1.807) is 7.05 Å². The van der Waals surface area contributed by atoms with Gasteiger partial charge in [-0.05, 0) is 12.8 Å². The van der Waals surface area contributed by atoms with Gasteiger partial charge in [-0.25, -0.2) is 4.99 Å². The second kappa shape index (κ2) is 4.24. The summed E-state index contributed by atoms with van der Waals surface area (Å²) in [5, 5.41) is 0. The lowest BCUT2D eigenvalue weighted by atomic mass is 10.2. The molecule has 0 amide bonds. The Balaban J connectivity index is 3.71. The number of aliphatic imine (C=N–C) groups is 2. The Kier molecular flexibility index (Phi) is 3.93. The van der Waals surface area contributed by atoms with Crippen molar-refractivity contribution in [2.45, 2.75) is 20.8 Å². The molecule has 0 spiro atoms. The van der Waals surface area contributed by atoms with Gasteiger partial charge in [0.25, 0.3) is 0 Å². The maximum Gasteiger partial charge on any atom is 0.119 e. The van der Waals surface area contributed by atoms with Crippen LogP contribution >= 0.6 is 0 Å². The highest BCUT2D eigenvalue weighted by molar-refractivity contribution is 5.87. The van der Waals surface area contributed by atoms with E-state index in [1.165, 1.54) is 0 Å². The average molecular weight is 126 g/mol. The Morgan fingerprint density at radius 3 is 2.33 bits per heavy atom. The highest BCUT2D eigenvalue weighted by Crippen LogP contribution is 1.85. The van der Waals surface area contributed by atoms with E-state index in [2.05, 4.69) is 23.8 Å². The van der Waals surface area contributed by atoms with Crippen LogP contribution in [0.2, 0.25) is 0 Å². The molecule has 0 atom stereocenters. The minimum atomic E-state index is 0.515. The fourth-order valence-corrected chi connectivity index (χ4v) is 0.315. The third kappa shape index (κ3) is 5.21. The molecule has 0 aliphatic rings. The molecule has 0 rings (SSSR count). The third-order valence-corrected chi connectivity index (χ3v) is 0.883. The molecule has 0 aliphatic heterocycles. The van der Waals surface area contributed by atoms with Crippen LogP contribution in [0.4, 0.5) is 0 Å². The van der Waals surface area contributed by atoms with Gasteiger partial charge >= 0.3 is 0 Å². The summed E-state index contributed by atoms with van der Waals surface area (Å²) >= 11 is 0. The number of hydrogen-bond acceptors (Lipinski definition) is 1.